The average molecular weight is 314 g/mol. The van der Waals surface area contributed by atoms with Gasteiger partial charge in [0.2, 0.25) is 10.0 Å². The smallest absolute Gasteiger partial charge is 0.238 e. The van der Waals surface area contributed by atoms with Crippen LogP contribution in [0.15, 0.2) is 23.1 Å². The molecule has 0 aromatic heterocycles. The lowest BCUT2D eigenvalue weighted by Gasteiger charge is -2.39. The van der Waals surface area contributed by atoms with Gasteiger partial charge in [-0.1, -0.05) is 19.9 Å². The van der Waals surface area contributed by atoms with E-state index in [1.165, 1.54) is 5.75 Å². The van der Waals surface area contributed by atoms with E-state index >= 15 is 0 Å². The van der Waals surface area contributed by atoms with Crippen LogP contribution in [0.1, 0.15) is 25.8 Å². The van der Waals surface area contributed by atoms with Gasteiger partial charge in [0, 0.05) is 17.5 Å². The molecule has 0 radical (unpaired) electrons. The summed E-state index contributed by atoms with van der Waals surface area (Å²) in [7, 11) is -3.66. The molecule has 0 bridgehead atoms. The molecule has 1 atom stereocenters. The monoisotopic (exact) mass is 314 g/mol. The number of thioether (sulfide) groups is 1. The predicted octanol–water partition coefficient (Wildman–Crippen LogP) is 2.59. The molecule has 0 saturated carbocycles. The lowest BCUT2D eigenvalue weighted by molar-refractivity contribution is 0.305. The van der Waals surface area contributed by atoms with Gasteiger partial charge in [-0.05, 0) is 42.2 Å². The summed E-state index contributed by atoms with van der Waals surface area (Å²) in [5, 5.41) is 8.71. The fourth-order valence-electron chi connectivity index (χ4n) is 2.29. The molecule has 1 aliphatic heterocycles. The highest BCUT2D eigenvalue weighted by molar-refractivity contribution is 7.99. The second-order valence-corrected chi connectivity index (χ2v) is 8.74. The van der Waals surface area contributed by atoms with E-state index < -0.39 is 10.0 Å². The van der Waals surface area contributed by atoms with Crippen molar-refractivity contribution in [3.05, 3.63) is 23.8 Å². The SMILES string of the molecule is Cc1ccc(S(N)(=O)=O)cc1NC1CSCCC1(C)C. The second kappa shape index (κ2) is 5.58. The number of benzene rings is 1. The van der Waals surface area contributed by atoms with Crippen molar-refractivity contribution in [2.24, 2.45) is 10.6 Å². The van der Waals surface area contributed by atoms with Crippen molar-refractivity contribution < 1.29 is 8.42 Å². The summed E-state index contributed by atoms with van der Waals surface area (Å²) in [6.45, 7) is 6.48. The molecule has 1 fully saturated rings. The number of rotatable bonds is 3. The van der Waals surface area contributed by atoms with E-state index in [4.69, 9.17) is 5.14 Å². The number of hydrogen-bond donors (Lipinski definition) is 2. The van der Waals surface area contributed by atoms with Crippen LogP contribution in [-0.2, 0) is 10.0 Å². The van der Waals surface area contributed by atoms with Crippen LogP contribution in [0.25, 0.3) is 0 Å². The second-order valence-electron chi connectivity index (χ2n) is 6.03. The van der Waals surface area contributed by atoms with Gasteiger partial charge in [-0.25, -0.2) is 13.6 Å². The van der Waals surface area contributed by atoms with Gasteiger partial charge in [0.25, 0.3) is 0 Å². The molecule has 4 nitrogen and oxygen atoms in total. The molecule has 112 valence electrons. The Hall–Kier alpha value is -0.720. The third kappa shape index (κ3) is 3.48. The van der Waals surface area contributed by atoms with Crippen molar-refractivity contribution in [3.63, 3.8) is 0 Å². The maximum Gasteiger partial charge on any atom is 0.238 e. The molecule has 6 heteroatoms. The molecule has 3 N–H and O–H groups in total. The fourth-order valence-corrected chi connectivity index (χ4v) is 4.44. The van der Waals surface area contributed by atoms with Crippen molar-refractivity contribution in [3.8, 4) is 0 Å². The van der Waals surface area contributed by atoms with Crippen LogP contribution in [0, 0.1) is 12.3 Å². The van der Waals surface area contributed by atoms with E-state index in [9.17, 15) is 8.42 Å². The Balaban J connectivity index is 2.29. The Labute approximate surface area is 125 Å². The zero-order valence-corrected chi connectivity index (χ0v) is 13.8. The third-order valence-electron chi connectivity index (χ3n) is 3.99. The minimum absolute atomic E-state index is 0.159. The number of sulfonamides is 1. The standard InChI is InChI=1S/C14H22N2O2S2/c1-10-4-5-11(20(15,17)18)8-12(10)16-13-9-19-7-6-14(13,2)3/h4-5,8,13,16H,6-7,9H2,1-3H3,(H2,15,17,18). The molecule has 0 amide bonds. The minimum Gasteiger partial charge on any atom is -0.381 e. The van der Waals surface area contributed by atoms with Gasteiger partial charge in [0.1, 0.15) is 0 Å². The number of primary sulfonamides is 1. The summed E-state index contributed by atoms with van der Waals surface area (Å²) in [4.78, 5) is 0.159. The van der Waals surface area contributed by atoms with Crippen LogP contribution >= 0.6 is 11.8 Å². The molecular weight excluding hydrogens is 292 g/mol. The zero-order valence-electron chi connectivity index (χ0n) is 12.1. The van der Waals surface area contributed by atoms with E-state index in [0.717, 1.165) is 23.4 Å². The first-order valence-electron chi connectivity index (χ1n) is 6.68. The molecule has 1 aromatic carbocycles. The summed E-state index contributed by atoms with van der Waals surface area (Å²) in [6.07, 6.45) is 1.16. The van der Waals surface area contributed by atoms with Crippen molar-refractivity contribution in [1.82, 2.24) is 0 Å². The zero-order chi connectivity index (χ0) is 15.0. The van der Waals surface area contributed by atoms with Gasteiger partial charge in [-0.15, -0.1) is 0 Å². The molecular formula is C14H22N2O2S2. The molecule has 1 heterocycles. The molecule has 1 aromatic rings. The maximum atomic E-state index is 11.5. The number of nitrogens with two attached hydrogens (primary N) is 1. The Kier molecular flexibility index (Phi) is 4.37. The topological polar surface area (TPSA) is 72.2 Å². The molecule has 0 spiro atoms. The van der Waals surface area contributed by atoms with E-state index in [1.54, 1.807) is 18.2 Å². The third-order valence-corrected chi connectivity index (χ3v) is 5.96. The highest BCUT2D eigenvalue weighted by atomic mass is 32.2. The van der Waals surface area contributed by atoms with Crippen LogP contribution in [0.3, 0.4) is 0 Å². The van der Waals surface area contributed by atoms with Crippen molar-refractivity contribution in [2.45, 2.75) is 38.1 Å². The van der Waals surface area contributed by atoms with Crippen LogP contribution < -0.4 is 10.5 Å². The van der Waals surface area contributed by atoms with E-state index in [1.807, 2.05) is 18.7 Å². The normalized spacial score (nSPS) is 22.5. The molecule has 1 saturated heterocycles. The minimum atomic E-state index is -3.66. The first-order valence-corrected chi connectivity index (χ1v) is 9.38. The van der Waals surface area contributed by atoms with Gasteiger partial charge >= 0.3 is 0 Å². The number of aryl methyl sites for hydroxylation is 1. The number of anilines is 1. The molecule has 2 rings (SSSR count). The number of hydrogen-bond acceptors (Lipinski definition) is 4. The summed E-state index contributed by atoms with van der Waals surface area (Å²) in [5.74, 6) is 2.22. The molecule has 1 unspecified atom stereocenters. The van der Waals surface area contributed by atoms with E-state index in [2.05, 4.69) is 19.2 Å². The summed E-state index contributed by atoms with van der Waals surface area (Å²) < 4.78 is 22.9. The largest absolute Gasteiger partial charge is 0.381 e. The Morgan fingerprint density at radius 3 is 2.70 bits per heavy atom. The molecule has 20 heavy (non-hydrogen) atoms. The first kappa shape index (κ1) is 15.7. The lowest BCUT2D eigenvalue weighted by Crippen LogP contribution is -2.41. The summed E-state index contributed by atoms with van der Waals surface area (Å²) >= 11 is 1.93. The van der Waals surface area contributed by atoms with Gasteiger partial charge < -0.3 is 5.32 Å². The Morgan fingerprint density at radius 1 is 1.40 bits per heavy atom. The molecule has 1 aliphatic rings. The quantitative estimate of drug-likeness (QED) is 0.899. The van der Waals surface area contributed by atoms with Crippen molar-refractivity contribution >= 4 is 27.5 Å². The maximum absolute atomic E-state index is 11.5. The van der Waals surface area contributed by atoms with Crippen LogP contribution in [0.4, 0.5) is 5.69 Å². The fraction of sp³-hybridized carbons (Fsp3) is 0.571. The Bertz CT molecular complexity index is 597. The highest BCUT2D eigenvalue weighted by Gasteiger charge is 2.32. The van der Waals surface area contributed by atoms with Crippen LogP contribution in [-0.4, -0.2) is 26.0 Å². The van der Waals surface area contributed by atoms with Gasteiger partial charge in [0.05, 0.1) is 4.90 Å². The predicted molar refractivity (Wildman–Crippen MR) is 85.7 cm³/mol. The van der Waals surface area contributed by atoms with Crippen molar-refractivity contribution in [2.75, 3.05) is 16.8 Å². The van der Waals surface area contributed by atoms with Crippen LogP contribution in [0.2, 0.25) is 0 Å². The van der Waals surface area contributed by atoms with Gasteiger partial charge in [-0.3, -0.25) is 0 Å². The van der Waals surface area contributed by atoms with E-state index in [-0.39, 0.29) is 10.3 Å². The summed E-state index contributed by atoms with van der Waals surface area (Å²) in [6, 6.07) is 5.32. The lowest BCUT2D eigenvalue weighted by atomic mass is 9.82. The summed E-state index contributed by atoms with van der Waals surface area (Å²) in [5.41, 5.74) is 2.09. The van der Waals surface area contributed by atoms with Gasteiger partial charge in [0.15, 0.2) is 0 Å². The average Bonchev–Trinajstić information content (AvgIpc) is 2.32. The van der Waals surface area contributed by atoms with E-state index in [0.29, 0.717) is 6.04 Å². The number of nitrogens with one attached hydrogen (secondary N) is 1. The van der Waals surface area contributed by atoms with Crippen LogP contribution in [0.5, 0.6) is 0 Å². The van der Waals surface area contributed by atoms with Gasteiger partial charge in [-0.2, -0.15) is 11.8 Å². The first-order chi connectivity index (χ1) is 9.20. The highest BCUT2D eigenvalue weighted by Crippen LogP contribution is 2.36. The van der Waals surface area contributed by atoms with Crippen molar-refractivity contribution in [1.29, 1.82) is 0 Å². The Morgan fingerprint density at radius 2 is 2.10 bits per heavy atom. The molecule has 0 aliphatic carbocycles.